The number of aliphatic hydroxyl groups is 11. The van der Waals surface area contributed by atoms with Crippen LogP contribution in [0.3, 0.4) is 0 Å². The first-order chi connectivity index (χ1) is 42.3. The largest absolute Gasteiger partial charge is 0.394 e. The zero-order valence-corrected chi connectivity index (χ0v) is 53.5. The fourth-order valence-electron chi connectivity index (χ4n) is 11.5. The van der Waals surface area contributed by atoms with Gasteiger partial charge in [-0.25, -0.2) is 0 Å². The number of carbonyl (C=O) groups is 1. The van der Waals surface area contributed by atoms with Crippen molar-refractivity contribution < 1.29 is 89.4 Å². The summed E-state index contributed by atoms with van der Waals surface area (Å²) < 4.78 is 34.1. The van der Waals surface area contributed by atoms with Crippen molar-refractivity contribution in [3.05, 3.63) is 48.6 Å². The van der Waals surface area contributed by atoms with Crippen molar-refractivity contribution in [3.63, 3.8) is 0 Å². The molecule has 0 aromatic carbocycles. The van der Waals surface area contributed by atoms with Gasteiger partial charge in [0.15, 0.2) is 18.9 Å². The summed E-state index contributed by atoms with van der Waals surface area (Å²) in [6, 6.07) is -0.968. The van der Waals surface area contributed by atoms with Crippen LogP contribution in [-0.2, 0) is 33.2 Å². The number of rotatable bonds is 52. The van der Waals surface area contributed by atoms with Crippen molar-refractivity contribution in [1.82, 2.24) is 5.32 Å². The van der Waals surface area contributed by atoms with Gasteiger partial charge in [0.1, 0.15) is 73.2 Å². The predicted octanol–water partition coefficient (Wildman–Crippen LogP) is 8.61. The first-order valence-corrected chi connectivity index (χ1v) is 34.4. The maximum absolute atomic E-state index is 13.2. The molecule has 3 saturated heterocycles. The lowest BCUT2D eigenvalue weighted by Gasteiger charge is -2.48. The minimum absolute atomic E-state index is 0.244. The number of hydrogen-bond donors (Lipinski definition) is 12. The summed E-state index contributed by atoms with van der Waals surface area (Å²) in [5, 5.41) is 120. The second-order valence-electron chi connectivity index (χ2n) is 24.6. The van der Waals surface area contributed by atoms with E-state index >= 15 is 0 Å². The molecule has 3 aliphatic rings. The van der Waals surface area contributed by atoms with E-state index in [4.69, 9.17) is 28.4 Å². The third kappa shape index (κ3) is 32.7. The molecule has 0 aromatic rings. The van der Waals surface area contributed by atoms with Crippen molar-refractivity contribution in [2.45, 2.75) is 349 Å². The molecule has 12 N–H and O–H groups in total. The molecule has 0 aliphatic carbocycles. The third-order valence-corrected chi connectivity index (χ3v) is 17.1. The van der Waals surface area contributed by atoms with Gasteiger partial charge >= 0.3 is 0 Å². The molecule has 87 heavy (non-hydrogen) atoms. The summed E-state index contributed by atoms with van der Waals surface area (Å²) in [6.45, 7) is 1.59. The van der Waals surface area contributed by atoms with E-state index in [0.29, 0.717) is 6.42 Å². The average Bonchev–Trinajstić information content (AvgIpc) is 3.57. The molecular weight excluding hydrogens is 1120 g/mol. The molecule has 508 valence electrons. The summed E-state index contributed by atoms with van der Waals surface area (Å²) in [5.74, 6) is -0.281. The van der Waals surface area contributed by atoms with Gasteiger partial charge in [-0.1, -0.05) is 229 Å². The molecular formula is C68H123NO18. The number of amides is 1. The molecule has 19 nitrogen and oxygen atoms in total. The fraction of sp³-hybridized carbons (Fsp3) is 0.868. The fourth-order valence-corrected chi connectivity index (χ4v) is 11.5. The molecule has 0 bridgehead atoms. The van der Waals surface area contributed by atoms with E-state index in [1.54, 1.807) is 6.08 Å². The second kappa shape index (κ2) is 50.3. The molecule has 0 aromatic heterocycles. The molecule has 3 heterocycles. The van der Waals surface area contributed by atoms with Gasteiger partial charge in [0.25, 0.3) is 0 Å². The molecule has 0 saturated carbocycles. The lowest BCUT2D eigenvalue weighted by Crippen LogP contribution is -2.66. The van der Waals surface area contributed by atoms with Crippen LogP contribution in [0.5, 0.6) is 0 Å². The van der Waals surface area contributed by atoms with Crippen LogP contribution in [0.2, 0.25) is 0 Å². The topological polar surface area (TPSA) is 307 Å². The minimum atomic E-state index is -1.98. The average molecular weight is 1240 g/mol. The summed E-state index contributed by atoms with van der Waals surface area (Å²) in [6.07, 6.45) is 33.6. The van der Waals surface area contributed by atoms with Crippen LogP contribution in [0.15, 0.2) is 48.6 Å². The Morgan fingerprint density at radius 3 is 1.21 bits per heavy atom. The summed E-state index contributed by atoms with van der Waals surface area (Å²) in [4.78, 5) is 13.2. The molecule has 17 atom stereocenters. The Kier molecular flexibility index (Phi) is 45.7. The zero-order chi connectivity index (χ0) is 63.3. The number of ether oxygens (including phenoxy) is 6. The number of carbonyl (C=O) groups excluding carboxylic acids is 1. The number of unbranched alkanes of at least 4 members (excludes halogenated alkanes) is 30. The first-order valence-electron chi connectivity index (χ1n) is 34.4. The van der Waals surface area contributed by atoms with Crippen molar-refractivity contribution in [1.29, 1.82) is 0 Å². The highest BCUT2D eigenvalue weighted by Crippen LogP contribution is 2.33. The van der Waals surface area contributed by atoms with E-state index in [9.17, 15) is 61.0 Å². The lowest BCUT2D eigenvalue weighted by atomic mass is 9.96. The van der Waals surface area contributed by atoms with E-state index in [-0.39, 0.29) is 18.9 Å². The Morgan fingerprint density at radius 1 is 0.414 bits per heavy atom. The zero-order valence-electron chi connectivity index (χ0n) is 53.5. The smallest absolute Gasteiger partial charge is 0.220 e. The Bertz CT molecular complexity index is 1770. The standard InChI is InChI=1S/C68H123NO18/c1-3-5-7-9-10-11-12-13-14-15-16-17-18-19-20-21-22-23-24-25-26-27-28-29-30-31-32-33-34-35-36-37-38-39-40-42-44-46-56(74)69-51(52(73)45-43-41-8-6-4-2)50-82-66-62(80)59(77)64(54(48-71)84-66)87-68-63(81)60(78)65(55(49-72)85-68)86-67-61(79)58(76)57(75)53(47-70)83-67/h12-13,15-16,18-19,43,45,51-55,57-68,70-73,75-81H,3-11,14,17,20-42,44,46-50H2,1-2H3,(H,69,74)/b13-12-,16-15-,19-18-,45-43+. The van der Waals surface area contributed by atoms with Crippen LogP contribution in [-0.4, -0.2) is 193 Å². The lowest BCUT2D eigenvalue weighted by molar-refractivity contribution is -0.379. The summed E-state index contributed by atoms with van der Waals surface area (Å²) in [7, 11) is 0. The third-order valence-electron chi connectivity index (χ3n) is 17.1. The number of nitrogens with one attached hydrogen (secondary N) is 1. The Hall–Kier alpha value is -2.25. The molecule has 17 unspecified atom stereocenters. The number of allylic oxidation sites excluding steroid dienone is 7. The van der Waals surface area contributed by atoms with E-state index in [0.717, 1.165) is 57.8 Å². The second-order valence-corrected chi connectivity index (χ2v) is 24.6. The van der Waals surface area contributed by atoms with Crippen molar-refractivity contribution >= 4 is 5.91 Å². The van der Waals surface area contributed by atoms with Crippen molar-refractivity contribution in [2.24, 2.45) is 0 Å². The van der Waals surface area contributed by atoms with Crippen LogP contribution >= 0.6 is 0 Å². The molecule has 3 fully saturated rings. The van der Waals surface area contributed by atoms with Crippen LogP contribution < -0.4 is 5.32 Å². The summed E-state index contributed by atoms with van der Waals surface area (Å²) in [5.41, 5.74) is 0. The maximum atomic E-state index is 13.2. The van der Waals surface area contributed by atoms with E-state index in [1.165, 1.54) is 161 Å². The molecule has 3 rings (SSSR count). The van der Waals surface area contributed by atoms with E-state index in [1.807, 2.05) is 6.08 Å². The van der Waals surface area contributed by atoms with Gasteiger partial charge in [-0.05, 0) is 57.8 Å². The Labute approximate surface area is 523 Å². The van der Waals surface area contributed by atoms with Crippen LogP contribution in [0.4, 0.5) is 0 Å². The van der Waals surface area contributed by atoms with Crippen molar-refractivity contribution in [2.75, 3.05) is 26.4 Å². The highest BCUT2D eigenvalue weighted by Gasteiger charge is 2.53. The number of aliphatic hydroxyl groups excluding tert-OH is 11. The van der Waals surface area contributed by atoms with Crippen LogP contribution in [0.25, 0.3) is 0 Å². The van der Waals surface area contributed by atoms with Gasteiger partial charge in [0, 0.05) is 6.42 Å². The molecule has 3 aliphatic heterocycles. The van der Waals surface area contributed by atoms with Gasteiger partial charge in [-0.15, -0.1) is 0 Å². The molecule has 0 spiro atoms. The van der Waals surface area contributed by atoms with Gasteiger partial charge in [-0.3, -0.25) is 4.79 Å². The highest BCUT2D eigenvalue weighted by atomic mass is 16.8. The predicted molar refractivity (Wildman–Crippen MR) is 337 cm³/mol. The molecule has 0 radical (unpaired) electrons. The van der Waals surface area contributed by atoms with E-state index < -0.39 is 124 Å². The summed E-state index contributed by atoms with van der Waals surface area (Å²) >= 11 is 0. The molecule has 1 amide bonds. The van der Waals surface area contributed by atoms with Crippen LogP contribution in [0, 0.1) is 0 Å². The maximum Gasteiger partial charge on any atom is 0.220 e. The monoisotopic (exact) mass is 1240 g/mol. The SMILES string of the molecule is CCCCC/C=C/C(O)C(COC1OC(CO)C(OC2OC(CO)C(OC3OC(CO)C(O)C(O)C3O)C(O)C2O)C(O)C1O)NC(=O)CCCCCCCCCCCCCCCCCCCCCCCC/C=C\C/C=C\C/C=C\CCCCCCC. The molecule has 19 heteroatoms. The van der Waals surface area contributed by atoms with Gasteiger partial charge in [0.2, 0.25) is 5.91 Å². The van der Waals surface area contributed by atoms with Crippen molar-refractivity contribution in [3.8, 4) is 0 Å². The highest BCUT2D eigenvalue weighted by molar-refractivity contribution is 5.76. The van der Waals surface area contributed by atoms with Gasteiger partial charge in [-0.2, -0.15) is 0 Å². The Balaban J connectivity index is 1.24. The van der Waals surface area contributed by atoms with Gasteiger partial charge < -0.3 is 89.9 Å². The normalized spacial score (nSPS) is 28.9. The van der Waals surface area contributed by atoms with Crippen LogP contribution in [0.1, 0.15) is 245 Å². The quantitative estimate of drug-likeness (QED) is 0.0200. The van der Waals surface area contributed by atoms with E-state index in [2.05, 4.69) is 55.6 Å². The first kappa shape index (κ1) is 79.0. The van der Waals surface area contributed by atoms with Gasteiger partial charge in [0.05, 0.1) is 38.6 Å². The minimum Gasteiger partial charge on any atom is -0.394 e. The Morgan fingerprint density at radius 2 is 0.759 bits per heavy atom. The number of hydrogen-bond acceptors (Lipinski definition) is 18.